The second kappa shape index (κ2) is 3.60. The fourth-order valence-electron chi connectivity index (χ4n) is 0.259. The Hall–Kier alpha value is -1.38. The van der Waals surface area contributed by atoms with Gasteiger partial charge in [-0.2, -0.15) is 0 Å². The van der Waals surface area contributed by atoms with Gasteiger partial charge in [0.1, 0.15) is 0 Å². The maximum atomic E-state index is 5.27. The van der Waals surface area contributed by atoms with Crippen molar-refractivity contribution in [3.8, 4) is 0 Å². The molecule has 0 rings (SSSR count). The molecule has 0 atom stereocenters. The minimum atomic E-state index is 0.458. The largest absolute Gasteiger partial charge is 0.403 e. The van der Waals surface area contributed by atoms with E-state index in [1.807, 2.05) is 0 Å². The van der Waals surface area contributed by atoms with Crippen LogP contribution in [-0.2, 0) is 0 Å². The second-order valence-corrected chi connectivity index (χ2v) is 1.57. The Bertz CT molecular complexity index is 156. The third kappa shape index (κ3) is 4.47. The van der Waals surface area contributed by atoms with E-state index in [4.69, 9.17) is 17.2 Å². The number of nitrogens with two attached hydrogens (primary N) is 3. The summed E-state index contributed by atoms with van der Waals surface area (Å²) >= 11 is 0. The number of hydrogen-bond donors (Lipinski definition) is 3. The molecule has 3 nitrogen and oxygen atoms in total. The van der Waals surface area contributed by atoms with Crippen molar-refractivity contribution in [2.45, 2.75) is 0 Å². The SMILES string of the molecule is C=C(N)/C=C\C(N)=C/N. The van der Waals surface area contributed by atoms with E-state index in [-0.39, 0.29) is 0 Å². The van der Waals surface area contributed by atoms with Gasteiger partial charge in [-0.15, -0.1) is 0 Å². The lowest BCUT2D eigenvalue weighted by Gasteiger charge is -1.87. The van der Waals surface area contributed by atoms with Gasteiger partial charge in [0.25, 0.3) is 0 Å². The Kier molecular flexibility index (Phi) is 3.05. The molecule has 0 aliphatic carbocycles. The first kappa shape index (κ1) is 7.62. The Morgan fingerprint density at radius 2 is 1.78 bits per heavy atom. The number of allylic oxidation sites excluding steroid dienone is 2. The molecule has 0 saturated heterocycles. The molecular formula is C6H11N3. The van der Waals surface area contributed by atoms with E-state index in [1.54, 1.807) is 12.2 Å². The molecule has 0 saturated carbocycles. The van der Waals surface area contributed by atoms with E-state index < -0.39 is 0 Å². The van der Waals surface area contributed by atoms with Crippen molar-refractivity contribution in [2.75, 3.05) is 0 Å². The summed E-state index contributed by atoms with van der Waals surface area (Å²) in [4.78, 5) is 0. The van der Waals surface area contributed by atoms with Crippen molar-refractivity contribution in [3.05, 3.63) is 36.3 Å². The second-order valence-electron chi connectivity index (χ2n) is 1.57. The smallest absolute Gasteiger partial charge is 0.0472 e. The predicted octanol–water partition coefficient (Wildman–Crippen LogP) is -0.226. The van der Waals surface area contributed by atoms with Crippen molar-refractivity contribution in [3.63, 3.8) is 0 Å². The Labute approximate surface area is 54.5 Å². The summed E-state index contributed by atoms with van der Waals surface area (Å²) in [6.07, 6.45) is 4.46. The van der Waals surface area contributed by atoms with E-state index in [0.717, 1.165) is 0 Å². The highest BCUT2D eigenvalue weighted by atomic mass is 14.6. The quantitative estimate of drug-likeness (QED) is 0.446. The molecule has 0 unspecified atom stereocenters. The van der Waals surface area contributed by atoms with Crippen LogP contribution in [0.25, 0.3) is 0 Å². The highest BCUT2D eigenvalue weighted by molar-refractivity contribution is 5.21. The zero-order valence-electron chi connectivity index (χ0n) is 5.17. The van der Waals surface area contributed by atoms with Gasteiger partial charge in [0, 0.05) is 17.6 Å². The average Bonchev–Trinajstić information content (AvgIpc) is 1.83. The zero-order chi connectivity index (χ0) is 7.28. The van der Waals surface area contributed by atoms with Crippen LogP contribution in [0.1, 0.15) is 0 Å². The third-order valence-corrected chi connectivity index (χ3v) is 0.682. The van der Waals surface area contributed by atoms with Gasteiger partial charge < -0.3 is 17.2 Å². The molecule has 0 aliphatic rings. The topological polar surface area (TPSA) is 78.1 Å². The Morgan fingerprint density at radius 1 is 1.22 bits per heavy atom. The lowest BCUT2D eigenvalue weighted by atomic mass is 10.4. The lowest BCUT2D eigenvalue weighted by molar-refractivity contribution is 1.35. The molecule has 50 valence electrons. The molecule has 3 heteroatoms. The van der Waals surface area contributed by atoms with Crippen LogP contribution in [-0.4, -0.2) is 0 Å². The maximum Gasteiger partial charge on any atom is 0.0472 e. The van der Waals surface area contributed by atoms with Gasteiger partial charge in [-0.05, 0) is 12.2 Å². The normalized spacial score (nSPS) is 12.2. The van der Waals surface area contributed by atoms with Crippen LogP contribution in [0.2, 0.25) is 0 Å². The summed E-state index contributed by atoms with van der Waals surface area (Å²) in [5.41, 5.74) is 16.4. The van der Waals surface area contributed by atoms with Crippen LogP contribution in [0.15, 0.2) is 36.3 Å². The molecule has 0 bridgehead atoms. The highest BCUT2D eigenvalue weighted by Gasteiger charge is 1.76. The van der Waals surface area contributed by atoms with Gasteiger partial charge in [-0.1, -0.05) is 6.58 Å². The summed E-state index contributed by atoms with van der Waals surface area (Å²) in [6, 6.07) is 0. The van der Waals surface area contributed by atoms with Crippen molar-refractivity contribution in [1.82, 2.24) is 0 Å². The summed E-state index contributed by atoms with van der Waals surface area (Å²) < 4.78 is 0. The summed E-state index contributed by atoms with van der Waals surface area (Å²) in [5.74, 6) is 0. The predicted molar refractivity (Wildman–Crippen MR) is 38.9 cm³/mol. The minimum Gasteiger partial charge on any atom is -0.403 e. The fourth-order valence-corrected chi connectivity index (χ4v) is 0.259. The van der Waals surface area contributed by atoms with Gasteiger partial charge in [0.15, 0.2) is 0 Å². The molecule has 0 amide bonds. The van der Waals surface area contributed by atoms with E-state index in [1.165, 1.54) is 6.20 Å². The Morgan fingerprint density at radius 3 is 2.11 bits per heavy atom. The average molecular weight is 125 g/mol. The fraction of sp³-hybridized carbons (Fsp3) is 0. The van der Waals surface area contributed by atoms with Crippen LogP contribution in [0.5, 0.6) is 0 Å². The van der Waals surface area contributed by atoms with Gasteiger partial charge in [0.05, 0.1) is 0 Å². The molecule has 0 aromatic carbocycles. The van der Waals surface area contributed by atoms with Crippen molar-refractivity contribution in [2.24, 2.45) is 17.2 Å². The Balaban J connectivity index is 3.86. The molecule has 9 heavy (non-hydrogen) atoms. The summed E-state index contributed by atoms with van der Waals surface area (Å²) in [7, 11) is 0. The van der Waals surface area contributed by atoms with Crippen molar-refractivity contribution >= 4 is 0 Å². The van der Waals surface area contributed by atoms with Crippen LogP contribution >= 0.6 is 0 Å². The molecule has 0 spiro atoms. The lowest BCUT2D eigenvalue weighted by Crippen LogP contribution is -1.97. The first-order valence-electron chi connectivity index (χ1n) is 2.46. The van der Waals surface area contributed by atoms with E-state index >= 15 is 0 Å². The molecular weight excluding hydrogens is 114 g/mol. The van der Waals surface area contributed by atoms with Crippen molar-refractivity contribution < 1.29 is 0 Å². The third-order valence-electron chi connectivity index (χ3n) is 0.682. The molecule has 0 aliphatic heterocycles. The van der Waals surface area contributed by atoms with Gasteiger partial charge in [0.2, 0.25) is 0 Å². The highest BCUT2D eigenvalue weighted by Crippen LogP contribution is 1.85. The molecule has 0 fully saturated rings. The first-order valence-corrected chi connectivity index (χ1v) is 2.46. The molecule has 0 heterocycles. The monoisotopic (exact) mass is 125 g/mol. The molecule has 6 N–H and O–H groups in total. The van der Waals surface area contributed by atoms with Gasteiger partial charge in [-0.25, -0.2) is 0 Å². The molecule has 0 radical (unpaired) electrons. The van der Waals surface area contributed by atoms with E-state index in [0.29, 0.717) is 11.4 Å². The number of rotatable bonds is 2. The van der Waals surface area contributed by atoms with Gasteiger partial charge >= 0.3 is 0 Å². The standard InChI is InChI=1S/C6H11N3/c1-5(8)2-3-6(9)4-7/h2-4H,1,7-9H2/b3-2-,6-4+. The summed E-state index contributed by atoms with van der Waals surface area (Å²) in [6.45, 7) is 3.43. The van der Waals surface area contributed by atoms with E-state index in [2.05, 4.69) is 6.58 Å². The minimum absolute atomic E-state index is 0.458. The van der Waals surface area contributed by atoms with Gasteiger partial charge in [-0.3, -0.25) is 0 Å². The van der Waals surface area contributed by atoms with E-state index in [9.17, 15) is 0 Å². The molecule has 0 aromatic rings. The molecule has 0 aromatic heterocycles. The summed E-state index contributed by atoms with van der Waals surface area (Å²) in [5, 5.41) is 0. The van der Waals surface area contributed by atoms with Crippen LogP contribution in [0.4, 0.5) is 0 Å². The number of hydrogen-bond acceptors (Lipinski definition) is 3. The maximum absolute atomic E-state index is 5.27. The zero-order valence-corrected chi connectivity index (χ0v) is 5.17. The van der Waals surface area contributed by atoms with Crippen LogP contribution < -0.4 is 17.2 Å². The van der Waals surface area contributed by atoms with Crippen LogP contribution in [0, 0.1) is 0 Å². The van der Waals surface area contributed by atoms with Crippen LogP contribution in [0.3, 0.4) is 0 Å². The van der Waals surface area contributed by atoms with Crippen molar-refractivity contribution in [1.29, 1.82) is 0 Å². The first-order chi connectivity index (χ1) is 4.16.